The first kappa shape index (κ1) is 12.3. The van der Waals surface area contributed by atoms with Crippen LogP contribution in [0.15, 0.2) is 9.85 Å². The second kappa shape index (κ2) is 6.57. The lowest BCUT2D eigenvalue weighted by atomic mass is 9.96. The van der Waals surface area contributed by atoms with E-state index in [1.165, 1.54) is 38.5 Å². The maximum atomic E-state index is 4.14. The summed E-state index contributed by atoms with van der Waals surface area (Å²) < 4.78 is 1.12. The molecule has 1 heterocycles. The molecule has 2 atom stereocenters. The van der Waals surface area contributed by atoms with Crippen molar-refractivity contribution in [3.63, 3.8) is 0 Å². The first-order valence-electron chi connectivity index (χ1n) is 6.00. The van der Waals surface area contributed by atoms with Crippen molar-refractivity contribution in [1.29, 1.82) is 0 Å². The Labute approximate surface area is 105 Å². The van der Waals surface area contributed by atoms with Crippen molar-refractivity contribution >= 4 is 23.1 Å². The van der Waals surface area contributed by atoms with Crippen molar-refractivity contribution in [3.8, 4) is 0 Å². The Hall–Kier alpha value is -0.130. The number of aromatic nitrogens is 2. The lowest BCUT2D eigenvalue weighted by molar-refractivity contribution is 0.420. The molecule has 2 unspecified atom stereocenters. The summed E-state index contributed by atoms with van der Waals surface area (Å²) in [5, 5.41) is 12.2. The number of hydrogen-bond acceptors (Lipinski definition) is 5. The topological polar surface area (TPSA) is 37.8 Å². The molecule has 0 bridgehead atoms. The average molecular weight is 257 g/mol. The lowest BCUT2D eigenvalue weighted by Gasteiger charge is -2.27. The minimum absolute atomic E-state index is 0.634. The largest absolute Gasteiger partial charge is 0.316 e. The van der Waals surface area contributed by atoms with Crippen molar-refractivity contribution in [3.05, 3.63) is 5.51 Å². The molecule has 1 aliphatic rings. The summed E-state index contributed by atoms with van der Waals surface area (Å²) in [6.45, 7) is 0. The van der Waals surface area contributed by atoms with Crippen molar-refractivity contribution in [2.24, 2.45) is 0 Å². The Morgan fingerprint density at radius 3 is 2.81 bits per heavy atom. The highest BCUT2D eigenvalue weighted by molar-refractivity contribution is 8.01. The molecule has 5 heteroatoms. The molecule has 2 rings (SSSR count). The highest BCUT2D eigenvalue weighted by atomic mass is 32.2. The standard InChI is InChI=1S/C11H19N3S2/c1-12-9-6-4-2-3-5-7-10(9)16-11-14-13-8-15-11/h8-10,12H,2-7H2,1H3. The first-order chi connectivity index (χ1) is 7.90. The summed E-state index contributed by atoms with van der Waals surface area (Å²) >= 11 is 3.56. The van der Waals surface area contributed by atoms with E-state index in [9.17, 15) is 0 Å². The second-order valence-electron chi connectivity index (χ2n) is 4.25. The fourth-order valence-electron chi connectivity index (χ4n) is 2.27. The molecule has 1 N–H and O–H groups in total. The van der Waals surface area contributed by atoms with Crippen LogP contribution in [0, 0.1) is 0 Å². The Balaban J connectivity index is 1.96. The van der Waals surface area contributed by atoms with Crippen LogP contribution < -0.4 is 5.32 Å². The van der Waals surface area contributed by atoms with Gasteiger partial charge in [-0.25, -0.2) is 0 Å². The Morgan fingerprint density at radius 1 is 1.31 bits per heavy atom. The van der Waals surface area contributed by atoms with E-state index in [0.717, 1.165) is 4.34 Å². The molecule has 1 aliphatic carbocycles. The quantitative estimate of drug-likeness (QED) is 0.903. The maximum Gasteiger partial charge on any atom is 0.174 e. The number of nitrogens with one attached hydrogen (secondary N) is 1. The van der Waals surface area contributed by atoms with Gasteiger partial charge in [0, 0.05) is 11.3 Å². The van der Waals surface area contributed by atoms with E-state index in [0.29, 0.717) is 11.3 Å². The van der Waals surface area contributed by atoms with Gasteiger partial charge in [0.25, 0.3) is 0 Å². The van der Waals surface area contributed by atoms with Crippen molar-refractivity contribution < 1.29 is 0 Å². The SMILES string of the molecule is CNC1CCCCCCC1Sc1nncs1. The summed E-state index contributed by atoms with van der Waals surface area (Å²) in [6.07, 6.45) is 8.11. The fraction of sp³-hybridized carbons (Fsp3) is 0.818. The summed E-state index contributed by atoms with van der Waals surface area (Å²) in [5.41, 5.74) is 1.82. The molecular formula is C11H19N3S2. The monoisotopic (exact) mass is 257 g/mol. The Kier molecular flexibility index (Phi) is 5.06. The molecule has 1 saturated carbocycles. The number of rotatable bonds is 3. The van der Waals surface area contributed by atoms with Gasteiger partial charge in [-0.3, -0.25) is 0 Å². The van der Waals surface area contributed by atoms with Crippen LogP contribution in [0.1, 0.15) is 38.5 Å². The number of hydrogen-bond donors (Lipinski definition) is 1. The molecule has 90 valence electrons. The van der Waals surface area contributed by atoms with E-state index in [4.69, 9.17) is 0 Å². The summed E-state index contributed by atoms with van der Waals surface area (Å²) in [4.78, 5) is 0. The van der Waals surface area contributed by atoms with E-state index in [1.54, 1.807) is 11.3 Å². The minimum atomic E-state index is 0.634. The van der Waals surface area contributed by atoms with Gasteiger partial charge in [-0.1, -0.05) is 48.8 Å². The molecule has 1 aromatic rings. The molecule has 0 radical (unpaired) electrons. The van der Waals surface area contributed by atoms with Crippen LogP contribution in [0.4, 0.5) is 0 Å². The van der Waals surface area contributed by atoms with Crippen molar-refractivity contribution in [1.82, 2.24) is 15.5 Å². The van der Waals surface area contributed by atoms with Gasteiger partial charge in [-0.05, 0) is 19.9 Å². The van der Waals surface area contributed by atoms with Crippen LogP contribution in [0.3, 0.4) is 0 Å². The molecule has 1 fully saturated rings. The third-order valence-corrected chi connectivity index (χ3v) is 5.38. The highest BCUT2D eigenvalue weighted by Crippen LogP contribution is 2.32. The van der Waals surface area contributed by atoms with Crippen LogP contribution in [-0.2, 0) is 0 Å². The average Bonchev–Trinajstić information content (AvgIpc) is 2.75. The third-order valence-electron chi connectivity index (χ3n) is 3.17. The molecule has 0 amide bonds. The smallest absolute Gasteiger partial charge is 0.174 e. The predicted molar refractivity (Wildman–Crippen MR) is 70.1 cm³/mol. The van der Waals surface area contributed by atoms with E-state index in [2.05, 4.69) is 22.6 Å². The van der Waals surface area contributed by atoms with Gasteiger partial charge in [0.1, 0.15) is 5.51 Å². The van der Waals surface area contributed by atoms with Gasteiger partial charge < -0.3 is 5.32 Å². The van der Waals surface area contributed by atoms with Gasteiger partial charge >= 0.3 is 0 Å². The Morgan fingerprint density at radius 2 is 2.12 bits per heavy atom. The molecule has 0 saturated heterocycles. The first-order valence-corrected chi connectivity index (χ1v) is 7.76. The molecular weight excluding hydrogens is 238 g/mol. The van der Waals surface area contributed by atoms with Gasteiger partial charge in [0.2, 0.25) is 0 Å². The fourth-order valence-corrected chi connectivity index (χ4v) is 4.34. The van der Waals surface area contributed by atoms with E-state index < -0.39 is 0 Å². The third kappa shape index (κ3) is 3.43. The molecule has 0 aromatic carbocycles. The Bertz CT molecular complexity index is 289. The maximum absolute atomic E-state index is 4.14. The normalized spacial score (nSPS) is 27.3. The second-order valence-corrected chi connectivity index (χ2v) is 6.57. The molecule has 3 nitrogen and oxygen atoms in total. The summed E-state index contributed by atoms with van der Waals surface area (Å²) in [6, 6.07) is 0.634. The molecule has 1 aromatic heterocycles. The predicted octanol–water partition coefficient (Wildman–Crippen LogP) is 2.94. The molecule has 0 aliphatic heterocycles. The van der Waals surface area contributed by atoms with E-state index in [-0.39, 0.29) is 0 Å². The van der Waals surface area contributed by atoms with Gasteiger partial charge in [0.05, 0.1) is 0 Å². The van der Waals surface area contributed by atoms with Gasteiger partial charge in [-0.15, -0.1) is 10.2 Å². The molecule has 0 spiro atoms. The van der Waals surface area contributed by atoms with Gasteiger partial charge in [-0.2, -0.15) is 0 Å². The van der Waals surface area contributed by atoms with Crippen LogP contribution in [-0.4, -0.2) is 28.5 Å². The highest BCUT2D eigenvalue weighted by Gasteiger charge is 2.23. The zero-order chi connectivity index (χ0) is 11.2. The van der Waals surface area contributed by atoms with Crippen LogP contribution >= 0.6 is 23.1 Å². The summed E-state index contributed by atoms with van der Waals surface area (Å²) in [7, 11) is 2.08. The minimum Gasteiger partial charge on any atom is -0.316 e. The van der Waals surface area contributed by atoms with Gasteiger partial charge in [0.15, 0.2) is 4.34 Å². The number of nitrogens with zero attached hydrogens (tertiary/aromatic N) is 2. The zero-order valence-corrected chi connectivity index (χ0v) is 11.3. The summed E-state index contributed by atoms with van der Waals surface area (Å²) in [5.74, 6) is 0. The van der Waals surface area contributed by atoms with Crippen LogP contribution in [0.2, 0.25) is 0 Å². The van der Waals surface area contributed by atoms with Crippen molar-refractivity contribution in [2.75, 3.05) is 7.05 Å². The molecule has 16 heavy (non-hydrogen) atoms. The lowest BCUT2D eigenvalue weighted by Crippen LogP contribution is -2.36. The van der Waals surface area contributed by atoms with Crippen LogP contribution in [0.5, 0.6) is 0 Å². The van der Waals surface area contributed by atoms with Crippen molar-refractivity contribution in [2.45, 2.75) is 54.2 Å². The van der Waals surface area contributed by atoms with E-state index in [1.807, 2.05) is 17.3 Å². The zero-order valence-electron chi connectivity index (χ0n) is 9.69. The van der Waals surface area contributed by atoms with E-state index >= 15 is 0 Å². The number of thioether (sulfide) groups is 1. The van der Waals surface area contributed by atoms with Crippen LogP contribution in [0.25, 0.3) is 0 Å².